The predicted molar refractivity (Wildman–Crippen MR) is 63.7 cm³/mol. The largest absolute Gasteiger partial charge is 0.383 e. The van der Waals surface area contributed by atoms with Crippen LogP contribution in [-0.2, 0) is 9.47 Å². The topological polar surface area (TPSA) is 24.9 Å². The molecule has 0 aromatic heterocycles. The fourth-order valence-electron chi connectivity index (χ4n) is 3.04. The molecule has 2 saturated heterocycles. The van der Waals surface area contributed by atoms with Gasteiger partial charge in [-0.2, -0.15) is 0 Å². The molecule has 2 unspecified atom stereocenters. The third kappa shape index (κ3) is 2.74. The highest BCUT2D eigenvalue weighted by Gasteiger charge is 2.38. The van der Waals surface area contributed by atoms with Crippen molar-refractivity contribution in [2.45, 2.75) is 24.9 Å². The van der Waals surface area contributed by atoms with Crippen molar-refractivity contribution in [2.75, 3.05) is 53.6 Å². The molecular formula is C12H24N2O2. The van der Waals surface area contributed by atoms with Crippen LogP contribution in [0, 0.1) is 0 Å². The molecule has 0 N–H and O–H groups in total. The number of nitrogens with zero attached hydrogens (tertiary/aromatic N) is 2. The first-order chi connectivity index (χ1) is 7.85. The Morgan fingerprint density at radius 2 is 1.50 bits per heavy atom. The van der Waals surface area contributed by atoms with Gasteiger partial charge in [-0.1, -0.05) is 0 Å². The lowest BCUT2D eigenvalue weighted by atomic mass is 10.2. The molecule has 2 bridgehead atoms. The standard InChI is InChI=1S/C12H24N2O2/c1-15-7-5-13-9-11-3-4-12(10-13)14(11)6-8-16-2/h11-12H,3-10H2,1-2H3. The van der Waals surface area contributed by atoms with Crippen LogP contribution < -0.4 is 0 Å². The van der Waals surface area contributed by atoms with Crippen molar-refractivity contribution in [1.29, 1.82) is 0 Å². The van der Waals surface area contributed by atoms with Gasteiger partial charge in [0.05, 0.1) is 13.2 Å². The summed E-state index contributed by atoms with van der Waals surface area (Å²) in [5, 5.41) is 0. The number of rotatable bonds is 6. The zero-order valence-corrected chi connectivity index (χ0v) is 10.5. The van der Waals surface area contributed by atoms with E-state index in [2.05, 4.69) is 9.80 Å². The Hall–Kier alpha value is -0.160. The van der Waals surface area contributed by atoms with Crippen LogP contribution in [0.15, 0.2) is 0 Å². The minimum atomic E-state index is 0.755. The van der Waals surface area contributed by atoms with E-state index in [-0.39, 0.29) is 0 Å². The summed E-state index contributed by atoms with van der Waals surface area (Å²) in [6, 6.07) is 1.51. The highest BCUT2D eigenvalue weighted by molar-refractivity contribution is 4.95. The fraction of sp³-hybridized carbons (Fsp3) is 1.00. The van der Waals surface area contributed by atoms with E-state index < -0.39 is 0 Å². The molecule has 0 aromatic carbocycles. The Morgan fingerprint density at radius 1 is 0.938 bits per heavy atom. The van der Waals surface area contributed by atoms with Gasteiger partial charge in [0.15, 0.2) is 0 Å². The maximum Gasteiger partial charge on any atom is 0.0589 e. The predicted octanol–water partition coefficient (Wildman–Crippen LogP) is 0.428. The van der Waals surface area contributed by atoms with Gasteiger partial charge in [0, 0.05) is 52.5 Å². The summed E-state index contributed by atoms with van der Waals surface area (Å²) in [6.07, 6.45) is 2.72. The van der Waals surface area contributed by atoms with Crippen molar-refractivity contribution in [3.63, 3.8) is 0 Å². The molecule has 0 aliphatic carbocycles. The summed E-state index contributed by atoms with van der Waals surface area (Å²) in [5.41, 5.74) is 0. The molecule has 2 heterocycles. The third-order valence-electron chi connectivity index (χ3n) is 3.87. The normalized spacial score (nSPS) is 31.1. The Morgan fingerprint density at radius 3 is 2.06 bits per heavy atom. The van der Waals surface area contributed by atoms with Crippen LogP contribution in [0.25, 0.3) is 0 Å². The van der Waals surface area contributed by atoms with Gasteiger partial charge in [0.25, 0.3) is 0 Å². The van der Waals surface area contributed by atoms with Crippen molar-refractivity contribution in [3.05, 3.63) is 0 Å². The average Bonchev–Trinajstić information content (AvgIpc) is 2.54. The Bertz CT molecular complexity index is 199. The second kappa shape index (κ2) is 5.96. The first-order valence-corrected chi connectivity index (χ1v) is 6.31. The minimum Gasteiger partial charge on any atom is -0.383 e. The number of ether oxygens (including phenoxy) is 2. The molecule has 16 heavy (non-hydrogen) atoms. The highest BCUT2D eigenvalue weighted by atomic mass is 16.5. The van der Waals surface area contributed by atoms with E-state index in [1.54, 1.807) is 14.2 Å². The Labute approximate surface area is 98.5 Å². The monoisotopic (exact) mass is 228 g/mol. The zero-order valence-electron chi connectivity index (χ0n) is 10.5. The lowest BCUT2D eigenvalue weighted by Crippen LogP contribution is -2.54. The zero-order chi connectivity index (χ0) is 11.4. The Balaban J connectivity index is 1.81. The molecule has 0 saturated carbocycles. The lowest BCUT2D eigenvalue weighted by molar-refractivity contribution is 0.0337. The molecule has 2 rings (SSSR count). The summed E-state index contributed by atoms with van der Waals surface area (Å²) in [6.45, 7) is 6.33. The van der Waals surface area contributed by atoms with Gasteiger partial charge in [0.2, 0.25) is 0 Å². The van der Waals surface area contributed by atoms with Crippen LogP contribution in [0.5, 0.6) is 0 Å². The molecule has 0 aromatic rings. The van der Waals surface area contributed by atoms with Gasteiger partial charge in [-0.15, -0.1) is 0 Å². The molecular weight excluding hydrogens is 204 g/mol. The van der Waals surface area contributed by atoms with Gasteiger partial charge in [-0.05, 0) is 12.8 Å². The maximum atomic E-state index is 5.19. The van der Waals surface area contributed by atoms with E-state index in [9.17, 15) is 0 Å². The average molecular weight is 228 g/mol. The number of hydrogen-bond acceptors (Lipinski definition) is 4. The van der Waals surface area contributed by atoms with Gasteiger partial charge in [-0.25, -0.2) is 0 Å². The van der Waals surface area contributed by atoms with E-state index in [0.717, 1.165) is 38.4 Å². The summed E-state index contributed by atoms with van der Waals surface area (Å²) in [5.74, 6) is 0. The van der Waals surface area contributed by atoms with Crippen molar-refractivity contribution >= 4 is 0 Å². The number of fused-ring (bicyclic) bond motifs is 2. The van der Waals surface area contributed by atoms with E-state index in [0.29, 0.717) is 0 Å². The fourth-order valence-corrected chi connectivity index (χ4v) is 3.04. The number of hydrogen-bond donors (Lipinski definition) is 0. The third-order valence-corrected chi connectivity index (χ3v) is 3.87. The smallest absolute Gasteiger partial charge is 0.0589 e. The molecule has 2 fully saturated rings. The second-order valence-corrected chi connectivity index (χ2v) is 4.87. The van der Waals surface area contributed by atoms with Crippen LogP contribution in [0.3, 0.4) is 0 Å². The summed E-state index contributed by atoms with van der Waals surface area (Å²) in [4.78, 5) is 5.20. The molecule has 2 atom stereocenters. The SMILES string of the molecule is COCCN1CC2CCC(C1)N2CCOC. The number of piperazine rings is 1. The van der Waals surface area contributed by atoms with Crippen LogP contribution in [0.4, 0.5) is 0 Å². The van der Waals surface area contributed by atoms with Gasteiger partial charge in [0.1, 0.15) is 0 Å². The summed E-state index contributed by atoms with van der Waals surface area (Å²) >= 11 is 0. The molecule has 0 spiro atoms. The van der Waals surface area contributed by atoms with E-state index in [1.165, 1.54) is 25.9 Å². The molecule has 94 valence electrons. The molecule has 4 heteroatoms. The first kappa shape index (κ1) is 12.3. The Kier molecular flexibility index (Phi) is 4.58. The van der Waals surface area contributed by atoms with Gasteiger partial charge < -0.3 is 9.47 Å². The molecule has 2 aliphatic heterocycles. The van der Waals surface area contributed by atoms with Crippen molar-refractivity contribution < 1.29 is 9.47 Å². The summed E-state index contributed by atoms with van der Waals surface area (Å²) in [7, 11) is 3.57. The first-order valence-electron chi connectivity index (χ1n) is 6.31. The summed E-state index contributed by atoms with van der Waals surface area (Å²) < 4.78 is 10.3. The quantitative estimate of drug-likeness (QED) is 0.658. The highest BCUT2D eigenvalue weighted by Crippen LogP contribution is 2.29. The molecule has 0 amide bonds. The van der Waals surface area contributed by atoms with Crippen LogP contribution in [0.2, 0.25) is 0 Å². The van der Waals surface area contributed by atoms with Crippen molar-refractivity contribution in [1.82, 2.24) is 9.80 Å². The molecule has 2 aliphatic rings. The van der Waals surface area contributed by atoms with Gasteiger partial charge in [-0.3, -0.25) is 9.80 Å². The van der Waals surface area contributed by atoms with E-state index >= 15 is 0 Å². The number of likely N-dealkylation sites (tertiary alicyclic amines) is 1. The van der Waals surface area contributed by atoms with Crippen LogP contribution >= 0.6 is 0 Å². The van der Waals surface area contributed by atoms with E-state index in [4.69, 9.17) is 9.47 Å². The minimum absolute atomic E-state index is 0.755. The second-order valence-electron chi connectivity index (χ2n) is 4.87. The van der Waals surface area contributed by atoms with Gasteiger partial charge >= 0.3 is 0 Å². The van der Waals surface area contributed by atoms with Crippen LogP contribution in [-0.4, -0.2) is 75.5 Å². The van der Waals surface area contributed by atoms with E-state index in [1.807, 2.05) is 0 Å². The maximum absolute atomic E-state index is 5.19. The lowest BCUT2D eigenvalue weighted by Gasteiger charge is -2.40. The number of methoxy groups -OCH3 is 2. The van der Waals surface area contributed by atoms with Crippen LogP contribution in [0.1, 0.15) is 12.8 Å². The van der Waals surface area contributed by atoms with Crippen molar-refractivity contribution in [2.24, 2.45) is 0 Å². The molecule has 0 radical (unpaired) electrons. The van der Waals surface area contributed by atoms with Crippen molar-refractivity contribution in [3.8, 4) is 0 Å². The molecule has 4 nitrogen and oxygen atoms in total.